The third-order valence-electron chi connectivity index (χ3n) is 3.52. The number of hydrogen-bond donors (Lipinski definition) is 1. The van der Waals surface area contributed by atoms with Crippen molar-refractivity contribution in [3.8, 4) is 0 Å². The van der Waals surface area contributed by atoms with Gasteiger partial charge in [-0.3, -0.25) is 10.1 Å². The van der Waals surface area contributed by atoms with Gasteiger partial charge in [0.05, 0.1) is 7.11 Å². The van der Waals surface area contributed by atoms with Crippen LogP contribution in [-0.4, -0.2) is 19.1 Å². The number of carbonyl (C=O) groups excluding carboxylic acids is 1. The van der Waals surface area contributed by atoms with Crippen LogP contribution in [0.3, 0.4) is 0 Å². The maximum Gasteiger partial charge on any atom is 0.322 e. The first kappa shape index (κ1) is 16.0. The van der Waals surface area contributed by atoms with Crippen LogP contribution in [0.2, 0.25) is 0 Å². The Bertz CT molecular complexity index is 573. The Morgan fingerprint density at radius 2 is 2.00 bits per heavy atom. The maximum atomic E-state index is 11.9. The van der Waals surface area contributed by atoms with Gasteiger partial charge in [-0.05, 0) is 36.8 Å². The molecule has 21 heavy (non-hydrogen) atoms. The van der Waals surface area contributed by atoms with Crippen molar-refractivity contribution in [2.24, 2.45) is 5.92 Å². The fourth-order valence-corrected chi connectivity index (χ4v) is 3.52. The lowest BCUT2D eigenvalue weighted by atomic mass is 10.0. The smallest absolute Gasteiger partial charge is 0.322 e. The van der Waals surface area contributed by atoms with E-state index in [0.717, 1.165) is 6.42 Å². The summed E-state index contributed by atoms with van der Waals surface area (Å²) in [7, 11) is 1.45. The van der Waals surface area contributed by atoms with Gasteiger partial charge in [0.25, 0.3) is 0 Å². The van der Waals surface area contributed by atoms with E-state index >= 15 is 0 Å². The van der Waals surface area contributed by atoms with Crippen LogP contribution in [0.15, 0.2) is 30.3 Å². The van der Waals surface area contributed by atoms with E-state index < -0.39 is 0 Å². The third-order valence-corrected chi connectivity index (χ3v) is 4.81. The predicted molar refractivity (Wildman–Crippen MR) is 88.6 cm³/mol. The van der Waals surface area contributed by atoms with E-state index in [0.29, 0.717) is 5.92 Å². The van der Waals surface area contributed by atoms with Crippen LogP contribution in [0.5, 0.6) is 0 Å². The van der Waals surface area contributed by atoms with E-state index in [1.54, 1.807) is 11.3 Å². The minimum atomic E-state index is -0.254. The number of ether oxygens (including phenoxy) is 1. The lowest BCUT2D eigenvalue weighted by molar-refractivity contribution is -0.143. The number of nitrogens with one attached hydrogen (secondary N) is 1. The molecule has 2 unspecified atom stereocenters. The fourth-order valence-electron chi connectivity index (χ4n) is 2.45. The molecule has 1 N–H and O–H groups in total. The molecular formula is C17H23NO2S. The van der Waals surface area contributed by atoms with E-state index in [1.807, 2.05) is 6.07 Å². The van der Waals surface area contributed by atoms with E-state index in [-0.39, 0.29) is 18.1 Å². The molecule has 1 heterocycles. The molecule has 3 nitrogen and oxygen atoms in total. The second-order valence-electron chi connectivity index (χ2n) is 5.78. The van der Waals surface area contributed by atoms with Gasteiger partial charge in [-0.1, -0.05) is 32.0 Å². The number of thiophene rings is 1. The molecule has 4 heteroatoms. The van der Waals surface area contributed by atoms with Gasteiger partial charge < -0.3 is 4.74 Å². The van der Waals surface area contributed by atoms with Crippen molar-refractivity contribution in [3.05, 3.63) is 35.2 Å². The predicted octanol–water partition coefficient (Wildman–Crippen LogP) is 4.14. The van der Waals surface area contributed by atoms with Crippen molar-refractivity contribution in [2.45, 2.75) is 39.3 Å². The summed E-state index contributed by atoms with van der Waals surface area (Å²) in [6.45, 7) is 6.32. The first-order valence-corrected chi connectivity index (χ1v) is 8.15. The number of esters is 1. The molecule has 0 aliphatic heterocycles. The van der Waals surface area contributed by atoms with E-state index in [1.165, 1.54) is 22.1 Å². The molecule has 2 atom stereocenters. The van der Waals surface area contributed by atoms with Gasteiger partial charge in [0.1, 0.15) is 6.04 Å². The summed E-state index contributed by atoms with van der Waals surface area (Å²) in [4.78, 5) is 13.1. The lowest BCUT2D eigenvalue weighted by Gasteiger charge is -2.22. The van der Waals surface area contributed by atoms with Crippen molar-refractivity contribution >= 4 is 27.4 Å². The van der Waals surface area contributed by atoms with Gasteiger partial charge in [0, 0.05) is 15.6 Å². The zero-order valence-electron chi connectivity index (χ0n) is 13.1. The minimum Gasteiger partial charge on any atom is -0.468 e. The summed E-state index contributed by atoms with van der Waals surface area (Å²) in [5.41, 5.74) is 0. The third kappa shape index (κ3) is 4.05. The molecule has 0 aliphatic rings. The van der Waals surface area contributed by atoms with Crippen LogP contribution in [-0.2, 0) is 9.53 Å². The monoisotopic (exact) mass is 305 g/mol. The summed E-state index contributed by atoms with van der Waals surface area (Å²) in [5, 5.41) is 4.67. The van der Waals surface area contributed by atoms with E-state index in [2.05, 4.69) is 50.4 Å². The molecule has 0 saturated heterocycles. The molecule has 114 valence electrons. The van der Waals surface area contributed by atoms with Gasteiger partial charge in [0.15, 0.2) is 0 Å². The first-order valence-electron chi connectivity index (χ1n) is 7.33. The molecule has 0 spiro atoms. The molecule has 0 bridgehead atoms. The second-order valence-corrected chi connectivity index (χ2v) is 6.90. The molecule has 2 aromatic rings. The zero-order chi connectivity index (χ0) is 15.4. The molecule has 0 aliphatic carbocycles. The molecule has 0 radical (unpaired) electrons. The molecule has 0 fully saturated rings. The van der Waals surface area contributed by atoms with Crippen molar-refractivity contribution in [1.29, 1.82) is 0 Å². The lowest BCUT2D eigenvalue weighted by Crippen LogP contribution is -2.39. The van der Waals surface area contributed by atoms with Gasteiger partial charge in [-0.25, -0.2) is 0 Å². The zero-order valence-corrected chi connectivity index (χ0v) is 13.9. The quantitative estimate of drug-likeness (QED) is 0.815. The highest BCUT2D eigenvalue weighted by atomic mass is 32.1. The molecular weight excluding hydrogens is 282 g/mol. The van der Waals surface area contributed by atoms with Crippen LogP contribution in [0, 0.1) is 5.92 Å². The highest BCUT2D eigenvalue weighted by molar-refractivity contribution is 7.19. The summed E-state index contributed by atoms with van der Waals surface area (Å²) in [6, 6.07) is 10.4. The van der Waals surface area contributed by atoms with Gasteiger partial charge in [-0.2, -0.15) is 0 Å². The Labute approximate surface area is 130 Å². The number of methoxy groups -OCH3 is 1. The number of rotatable bonds is 6. The van der Waals surface area contributed by atoms with Crippen molar-refractivity contribution in [3.63, 3.8) is 0 Å². The van der Waals surface area contributed by atoms with E-state index in [4.69, 9.17) is 4.74 Å². The van der Waals surface area contributed by atoms with Gasteiger partial charge in [-0.15, -0.1) is 11.3 Å². The van der Waals surface area contributed by atoms with Crippen LogP contribution >= 0.6 is 11.3 Å². The van der Waals surface area contributed by atoms with Crippen LogP contribution in [0.25, 0.3) is 10.1 Å². The minimum absolute atomic E-state index is 0.130. The van der Waals surface area contributed by atoms with E-state index in [9.17, 15) is 4.79 Å². The number of benzene rings is 1. The Morgan fingerprint density at radius 1 is 1.29 bits per heavy atom. The van der Waals surface area contributed by atoms with Crippen LogP contribution in [0.4, 0.5) is 0 Å². The van der Waals surface area contributed by atoms with Crippen LogP contribution < -0.4 is 5.32 Å². The molecule has 0 saturated carbocycles. The Hall–Kier alpha value is -1.39. The number of hydrogen-bond acceptors (Lipinski definition) is 4. The van der Waals surface area contributed by atoms with Gasteiger partial charge in [0.2, 0.25) is 0 Å². The van der Waals surface area contributed by atoms with Gasteiger partial charge >= 0.3 is 5.97 Å². The number of carbonyl (C=O) groups is 1. The van der Waals surface area contributed by atoms with Crippen LogP contribution in [0.1, 0.15) is 38.1 Å². The second kappa shape index (κ2) is 7.05. The summed E-state index contributed by atoms with van der Waals surface area (Å²) >= 11 is 1.77. The molecule has 1 aromatic carbocycles. The summed E-state index contributed by atoms with van der Waals surface area (Å²) < 4.78 is 6.19. The topological polar surface area (TPSA) is 38.3 Å². The standard InChI is InChI=1S/C17H23NO2S/c1-11(2)9-14(17(19)20-4)18-12(3)16-10-13-7-5-6-8-15(13)21-16/h5-8,10-12,14,18H,9H2,1-4H3. The Balaban J connectivity index is 2.13. The van der Waals surface area contributed by atoms with Crippen molar-refractivity contribution in [1.82, 2.24) is 5.32 Å². The normalized spacial score (nSPS) is 14.3. The summed E-state index contributed by atoms with van der Waals surface area (Å²) in [5.74, 6) is 0.257. The number of fused-ring (bicyclic) bond motifs is 1. The van der Waals surface area contributed by atoms with Crippen molar-refractivity contribution in [2.75, 3.05) is 7.11 Å². The summed E-state index contributed by atoms with van der Waals surface area (Å²) in [6.07, 6.45) is 0.780. The Kier molecular flexibility index (Phi) is 5.37. The van der Waals surface area contributed by atoms with Crippen molar-refractivity contribution < 1.29 is 9.53 Å². The molecule has 1 aromatic heterocycles. The molecule has 2 rings (SSSR count). The SMILES string of the molecule is COC(=O)C(CC(C)C)NC(C)c1cc2ccccc2s1. The highest BCUT2D eigenvalue weighted by Crippen LogP contribution is 2.30. The maximum absolute atomic E-state index is 11.9. The largest absolute Gasteiger partial charge is 0.468 e. The first-order chi connectivity index (χ1) is 10.0. The average molecular weight is 305 g/mol. The fraction of sp³-hybridized carbons (Fsp3) is 0.471. The molecule has 0 amide bonds. The highest BCUT2D eigenvalue weighted by Gasteiger charge is 2.23. The Morgan fingerprint density at radius 3 is 2.62 bits per heavy atom. The average Bonchev–Trinajstić information content (AvgIpc) is 2.89.